The first-order valence-corrected chi connectivity index (χ1v) is 12.1. The third-order valence-corrected chi connectivity index (χ3v) is 7.00. The fourth-order valence-electron chi connectivity index (χ4n) is 3.55. The first kappa shape index (κ1) is 20.8. The van der Waals surface area contributed by atoms with E-state index in [4.69, 9.17) is 4.74 Å². The van der Waals surface area contributed by atoms with Crippen molar-refractivity contribution in [3.63, 3.8) is 0 Å². The Morgan fingerprint density at radius 3 is 2.63 bits per heavy atom. The molecular weight excluding hydrogens is 436 g/mol. The molecule has 2 N–H and O–H groups in total. The van der Waals surface area contributed by atoms with Crippen LogP contribution in [-0.4, -0.2) is 65.4 Å². The van der Waals surface area contributed by atoms with Crippen molar-refractivity contribution in [2.45, 2.75) is 63.2 Å². The number of halogens is 1. The van der Waals surface area contributed by atoms with Crippen LogP contribution in [0.2, 0.25) is 0 Å². The highest BCUT2D eigenvalue weighted by Crippen LogP contribution is 2.28. The van der Waals surface area contributed by atoms with Gasteiger partial charge in [-0.05, 0) is 48.0 Å². The Kier molecular flexibility index (Phi) is 6.93. The number of aromatic nitrogens is 2. The molecule has 8 nitrogen and oxygen atoms in total. The summed E-state index contributed by atoms with van der Waals surface area (Å²) < 4.78 is 31.4. The smallest absolute Gasteiger partial charge is 0.233 e. The number of aliphatic hydroxyl groups excluding tert-OH is 1. The van der Waals surface area contributed by atoms with Crippen LogP contribution in [0.15, 0.2) is 10.7 Å². The molecule has 1 saturated heterocycles. The zero-order chi connectivity index (χ0) is 19.4. The molecule has 1 aliphatic carbocycles. The number of hydrogen-bond donors (Lipinski definition) is 2. The summed E-state index contributed by atoms with van der Waals surface area (Å²) in [5, 5.41) is 13.5. The minimum Gasteiger partial charge on any atom is -0.471 e. The molecule has 0 amide bonds. The van der Waals surface area contributed by atoms with Gasteiger partial charge in [0.1, 0.15) is 6.10 Å². The molecule has 2 aliphatic rings. The van der Waals surface area contributed by atoms with Gasteiger partial charge in [-0.1, -0.05) is 12.8 Å². The normalized spacial score (nSPS) is 25.7. The van der Waals surface area contributed by atoms with Gasteiger partial charge in [0.15, 0.2) is 0 Å². The third kappa shape index (κ3) is 5.75. The van der Waals surface area contributed by atoms with Crippen molar-refractivity contribution < 1.29 is 18.3 Å². The van der Waals surface area contributed by atoms with Gasteiger partial charge >= 0.3 is 0 Å². The monoisotopic (exact) mass is 462 g/mol. The fourth-order valence-corrected chi connectivity index (χ4v) is 4.71. The molecule has 2 unspecified atom stereocenters. The topological polar surface area (TPSA) is 105 Å². The molecule has 0 bridgehead atoms. The minimum absolute atomic E-state index is 0.112. The van der Waals surface area contributed by atoms with Gasteiger partial charge in [-0.3, -0.25) is 0 Å². The molecule has 2 fully saturated rings. The number of ether oxygens (including phenoxy) is 1. The lowest BCUT2D eigenvalue weighted by Gasteiger charge is -2.30. The van der Waals surface area contributed by atoms with Crippen molar-refractivity contribution in [2.75, 3.05) is 24.7 Å². The predicted molar refractivity (Wildman–Crippen MR) is 106 cm³/mol. The fraction of sp³-hybridized carbons (Fsp3) is 0.765. The van der Waals surface area contributed by atoms with Crippen molar-refractivity contribution >= 4 is 31.9 Å². The van der Waals surface area contributed by atoms with Gasteiger partial charge in [0.05, 0.1) is 23.0 Å². The van der Waals surface area contributed by atoms with Crippen molar-refractivity contribution in [3.8, 4) is 5.88 Å². The molecule has 1 aromatic heterocycles. The number of nitrogens with zero attached hydrogens (tertiary/aromatic N) is 3. The second kappa shape index (κ2) is 9.02. The van der Waals surface area contributed by atoms with Gasteiger partial charge in [0.2, 0.25) is 21.9 Å². The second-order valence-corrected chi connectivity index (χ2v) is 10.1. The summed E-state index contributed by atoms with van der Waals surface area (Å²) in [6, 6.07) is 0.112. The Morgan fingerprint density at radius 2 is 1.93 bits per heavy atom. The van der Waals surface area contributed by atoms with Gasteiger partial charge < -0.3 is 15.2 Å². The summed E-state index contributed by atoms with van der Waals surface area (Å²) in [5.41, 5.74) is 0. The van der Waals surface area contributed by atoms with Gasteiger partial charge in [-0.2, -0.15) is 4.98 Å². The highest BCUT2D eigenvalue weighted by molar-refractivity contribution is 9.10. The number of rotatable bonds is 5. The molecule has 1 saturated carbocycles. The molecular formula is C17H27BrN4O4S. The highest BCUT2D eigenvalue weighted by Gasteiger charge is 2.27. The van der Waals surface area contributed by atoms with Gasteiger partial charge in [-0.25, -0.2) is 17.7 Å². The zero-order valence-electron chi connectivity index (χ0n) is 15.5. The van der Waals surface area contributed by atoms with Crippen LogP contribution in [0.1, 0.15) is 44.9 Å². The molecule has 1 aliphatic heterocycles. The molecule has 1 aromatic rings. The molecule has 0 aromatic carbocycles. The quantitative estimate of drug-likeness (QED) is 0.645. The van der Waals surface area contributed by atoms with E-state index < -0.39 is 16.1 Å². The summed E-state index contributed by atoms with van der Waals surface area (Å²) in [5.74, 6) is 0.876. The Bertz CT molecular complexity index is 740. The van der Waals surface area contributed by atoms with Crippen molar-refractivity contribution in [1.82, 2.24) is 14.3 Å². The summed E-state index contributed by atoms with van der Waals surface area (Å²) in [4.78, 5) is 8.75. The molecule has 152 valence electrons. The average molecular weight is 463 g/mol. The van der Waals surface area contributed by atoms with E-state index in [1.54, 1.807) is 6.20 Å². The van der Waals surface area contributed by atoms with Crippen molar-refractivity contribution in [1.29, 1.82) is 0 Å². The standard InChI is InChI=1S/C17H27BrN4O4S/c1-27(24,25)22-9-7-12(8-10-22)20-17-19-11-13(18)16(21-17)26-15-6-4-2-3-5-14(15)23/h11-12,14-15,23H,2-10H2,1H3,(H,19,20,21). The molecule has 0 spiro atoms. The zero-order valence-corrected chi connectivity index (χ0v) is 17.9. The van der Waals surface area contributed by atoms with Crippen molar-refractivity contribution in [3.05, 3.63) is 10.7 Å². The minimum atomic E-state index is -3.13. The van der Waals surface area contributed by atoms with E-state index in [1.165, 1.54) is 10.6 Å². The van der Waals surface area contributed by atoms with E-state index in [2.05, 4.69) is 31.2 Å². The lowest BCUT2D eigenvalue weighted by atomic mass is 10.1. The Balaban J connectivity index is 1.62. The first-order chi connectivity index (χ1) is 12.8. The molecule has 3 rings (SSSR count). The molecule has 10 heteroatoms. The van der Waals surface area contributed by atoms with Crippen LogP contribution in [0.25, 0.3) is 0 Å². The van der Waals surface area contributed by atoms with E-state index in [0.29, 0.717) is 42.2 Å². The molecule has 27 heavy (non-hydrogen) atoms. The molecule has 0 radical (unpaired) electrons. The Labute approximate surface area is 168 Å². The number of sulfonamides is 1. The lowest BCUT2D eigenvalue weighted by Crippen LogP contribution is -2.42. The van der Waals surface area contributed by atoms with E-state index >= 15 is 0 Å². The largest absolute Gasteiger partial charge is 0.471 e. The first-order valence-electron chi connectivity index (χ1n) is 9.42. The number of anilines is 1. The second-order valence-electron chi connectivity index (χ2n) is 7.29. The maximum absolute atomic E-state index is 11.6. The van der Waals surface area contributed by atoms with E-state index in [-0.39, 0.29) is 12.1 Å². The number of piperidine rings is 1. The van der Waals surface area contributed by atoms with E-state index in [0.717, 1.165) is 32.1 Å². The predicted octanol–water partition coefficient (Wildman–Crippen LogP) is 2.15. The van der Waals surface area contributed by atoms with Gasteiger partial charge in [0, 0.05) is 19.1 Å². The van der Waals surface area contributed by atoms with Crippen LogP contribution >= 0.6 is 15.9 Å². The van der Waals surface area contributed by atoms with E-state index in [1.807, 2.05) is 0 Å². The van der Waals surface area contributed by atoms with Crippen LogP contribution in [0.3, 0.4) is 0 Å². The Morgan fingerprint density at radius 1 is 1.22 bits per heavy atom. The van der Waals surface area contributed by atoms with Crippen LogP contribution in [0.5, 0.6) is 5.88 Å². The maximum Gasteiger partial charge on any atom is 0.233 e. The third-order valence-electron chi connectivity index (χ3n) is 5.15. The molecule has 2 heterocycles. The Hall–Kier alpha value is -0.970. The van der Waals surface area contributed by atoms with Gasteiger partial charge in [-0.15, -0.1) is 0 Å². The summed E-state index contributed by atoms with van der Waals surface area (Å²) in [7, 11) is -3.13. The number of hydrogen-bond acceptors (Lipinski definition) is 7. The molecule has 2 atom stereocenters. The average Bonchev–Trinajstić information content (AvgIpc) is 2.82. The lowest BCUT2D eigenvalue weighted by molar-refractivity contribution is 0.0288. The SMILES string of the molecule is CS(=O)(=O)N1CCC(Nc2ncc(Br)c(OC3CCCCCC3O)n2)CC1. The van der Waals surface area contributed by atoms with E-state index in [9.17, 15) is 13.5 Å². The number of nitrogens with one attached hydrogen (secondary N) is 1. The van der Waals surface area contributed by atoms with Crippen LogP contribution in [0, 0.1) is 0 Å². The van der Waals surface area contributed by atoms with Crippen LogP contribution in [-0.2, 0) is 10.0 Å². The summed E-state index contributed by atoms with van der Waals surface area (Å²) in [6.07, 6.45) is 8.26. The van der Waals surface area contributed by atoms with Gasteiger partial charge in [0.25, 0.3) is 0 Å². The van der Waals surface area contributed by atoms with Crippen LogP contribution < -0.4 is 10.1 Å². The highest BCUT2D eigenvalue weighted by atomic mass is 79.9. The summed E-state index contributed by atoms with van der Waals surface area (Å²) in [6.45, 7) is 0.981. The van der Waals surface area contributed by atoms with Crippen LogP contribution in [0.4, 0.5) is 5.95 Å². The van der Waals surface area contributed by atoms with Crippen molar-refractivity contribution in [2.24, 2.45) is 0 Å². The maximum atomic E-state index is 11.6. The summed E-state index contributed by atoms with van der Waals surface area (Å²) >= 11 is 3.42. The number of aliphatic hydroxyl groups is 1.